The Morgan fingerprint density at radius 1 is 0.966 bits per heavy atom. The molecule has 1 aromatic heterocycles. The van der Waals surface area contributed by atoms with Gasteiger partial charge in [-0.25, -0.2) is 5.10 Å². The van der Waals surface area contributed by atoms with Gasteiger partial charge in [-0.1, -0.05) is 29.8 Å². The van der Waals surface area contributed by atoms with Crippen molar-refractivity contribution < 1.29 is 9.59 Å². The molecule has 1 aliphatic heterocycles. The minimum absolute atomic E-state index is 0.251. The molecule has 1 amide bonds. The fourth-order valence-corrected chi connectivity index (χ4v) is 3.48. The lowest BCUT2D eigenvalue weighted by molar-refractivity contribution is 0.0996. The van der Waals surface area contributed by atoms with E-state index in [1.807, 2.05) is 0 Å². The molecule has 0 atom stereocenters. The SMILES string of the molecule is O=C(Nc1nc(N2CCCCC2)n[nH]1)c1ccccc1C(=O)c1ccc(Cl)cc1. The number of benzene rings is 2. The molecule has 0 bridgehead atoms. The van der Waals surface area contributed by atoms with Crippen molar-refractivity contribution in [2.24, 2.45) is 0 Å². The standard InChI is InChI=1S/C21H20ClN5O2/c22-15-10-8-14(9-11-15)18(28)16-6-2-3-7-17(16)19(29)23-20-24-21(26-25-20)27-12-4-1-5-13-27/h2-3,6-11H,1,4-5,12-13H2,(H2,23,24,25,26,29). The first kappa shape index (κ1) is 19.1. The second-order valence-corrected chi connectivity index (χ2v) is 7.30. The van der Waals surface area contributed by atoms with Crippen molar-refractivity contribution >= 4 is 35.2 Å². The Morgan fingerprint density at radius 2 is 1.66 bits per heavy atom. The summed E-state index contributed by atoms with van der Waals surface area (Å²) in [5, 5.41) is 10.2. The van der Waals surface area contributed by atoms with Crippen molar-refractivity contribution in [3.63, 3.8) is 0 Å². The zero-order valence-electron chi connectivity index (χ0n) is 15.7. The Labute approximate surface area is 173 Å². The zero-order valence-corrected chi connectivity index (χ0v) is 16.4. The summed E-state index contributed by atoms with van der Waals surface area (Å²) in [6.45, 7) is 1.81. The molecule has 1 aliphatic rings. The lowest BCUT2D eigenvalue weighted by atomic mass is 9.98. The average Bonchev–Trinajstić information content (AvgIpc) is 3.23. The van der Waals surface area contributed by atoms with Gasteiger partial charge in [-0.2, -0.15) is 4.98 Å². The summed E-state index contributed by atoms with van der Waals surface area (Å²) < 4.78 is 0. The molecule has 2 aromatic carbocycles. The van der Waals surface area contributed by atoms with Crippen LogP contribution in [0.15, 0.2) is 48.5 Å². The number of carbonyl (C=O) groups is 2. The number of hydrogen-bond donors (Lipinski definition) is 2. The van der Waals surface area contributed by atoms with Crippen LogP contribution in [0.2, 0.25) is 5.02 Å². The molecule has 0 aliphatic carbocycles. The Morgan fingerprint density at radius 3 is 2.38 bits per heavy atom. The lowest BCUT2D eigenvalue weighted by Crippen LogP contribution is -2.30. The summed E-state index contributed by atoms with van der Waals surface area (Å²) in [6.07, 6.45) is 3.43. The van der Waals surface area contributed by atoms with Gasteiger partial charge in [-0.3, -0.25) is 14.9 Å². The highest BCUT2D eigenvalue weighted by molar-refractivity contribution is 6.30. The van der Waals surface area contributed by atoms with Gasteiger partial charge in [-0.15, -0.1) is 5.10 Å². The van der Waals surface area contributed by atoms with Gasteiger partial charge in [0, 0.05) is 29.2 Å². The maximum atomic E-state index is 12.9. The molecule has 0 unspecified atom stereocenters. The van der Waals surface area contributed by atoms with Crippen molar-refractivity contribution in [3.05, 3.63) is 70.2 Å². The number of nitrogens with one attached hydrogen (secondary N) is 2. The molecule has 7 nitrogen and oxygen atoms in total. The van der Waals surface area contributed by atoms with Gasteiger partial charge in [0.1, 0.15) is 0 Å². The van der Waals surface area contributed by atoms with Crippen LogP contribution < -0.4 is 10.2 Å². The van der Waals surface area contributed by atoms with Gasteiger partial charge in [-0.05, 0) is 49.6 Å². The molecule has 1 saturated heterocycles. The summed E-state index contributed by atoms with van der Waals surface area (Å²) in [5.41, 5.74) is 1.04. The van der Waals surface area contributed by atoms with Gasteiger partial charge in [0.05, 0.1) is 5.56 Å². The lowest BCUT2D eigenvalue weighted by Gasteiger charge is -2.24. The minimum Gasteiger partial charge on any atom is -0.340 e. The number of carbonyl (C=O) groups excluding carboxylic acids is 2. The van der Waals surface area contributed by atoms with Crippen molar-refractivity contribution in [2.75, 3.05) is 23.3 Å². The molecule has 0 saturated carbocycles. The fraction of sp³-hybridized carbons (Fsp3) is 0.238. The fourth-order valence-electron chi connectivity index (χ4n) is 3.35. The number of piperidine rings is 1. The van der Waals surface area contributed by atoms with E-state index >= 15 is 0 Å². The third-order valence-electron chi connectivity index (χ3n) is 4.87. The number of amides is 1. The number of nitrogens with zero attached hydrogens (tertiary/aromatic N) is 3. The quantitative estimate of drug-likeness (QED) is 0.623. The minimum atomic E-state index is -0.427. The second-order valence-electron chi connectivity index (χ2n) is 6.87. The van der Waals surface area contributed by atoms with Gasteiger partial charge < -0.3 is 4.90 Å². The number of anilines is 2. The predicted octanol–water partition coefficient (Wildman–Crippen LogP) is 3.93. The van der Waals surface area contributed by atoms with Crippen molar-refractivity contribution in [1.29, 1.82) is 0 Å². The highest BCUT2D eigenvalue weighted by Gasteiger charge is 2.20. The third-order valence-corrected chi connectivity index (χ3v) is 5.12. The first-order valence-corrected chi connectivity index (χ1v) is 9.87. The number of H-pyrrole nitrogens is 1. The van der Waals surface area contributed by atoms with Crippen molar-refractivity contribution in [1.82, 2.24) is 15.2 Å². The molecule has 1 fully saturated rings. The van der Waals surface area contributed by atoms with Crippen LogP contribution in [0.25, 0.3) is 0 Å². The summed E-state index contributed by atoms with van der Waals surface area (Å²) in [4.78, 5) is 32.2. The van der Waals surface area contributed by atoms with E-state index in [0.717, 1.165) is 25.9 Å². The largest absolute Gasteiger partial charge is 0.340 e. The Balaban J connectivity index is 1.53. The monoisotopic (exact) mass is 409 g/mol. The maximum Gasteiger partial charge on any atom is 0.258 e. The molecule has 2 N–H and O–H groups in total. The highest BCUT2D eigenvalue weighted by atomic mass is 35.5. The van der Waals surface area contributed by atoms with Gasteiger partial charge in [0.25, 0.3) is 5.91 Å². The molecule has 0 radical (unpaired) electrons. The maximum absolute atomic E-state index is 12.9. The van der Waals surface area contributed by atoms with E-state index in [1.54, 1.807) is 48.5 Å². The second kappa shape index (κ2) is 8.45. The van der Waals surface area contributed by atoms with E-state index < -0.39 is 5.91 Å². The summed E-state index contributed by atoms with van der Waals surface area (Å²) >= 11 is 5.90. The number of halogens is 1. The van der Waals surface area contributed by atoms with Crippen molar-refractivity contribution in [3.8, 4) is 0 Å². The zero-order chi connectivity index (χ0) is 20.2. The van der Waals surface area contributed by atoms with Crippen molar-refractivity contribution in [2.45, 2.75) is 19.3 Å². The van der Waals surface area contributed by atoms with Crippen LogP contribution in [-0.2, 0) is 0 Å². The van der Waals surface area contributed by atoms with E-state index in [4.69, 9.17) is 11.6 Å². The molecule has 8 heteroatoms. The van der Waals surface area contributed by atoms with E-state index in [2.05, 4.69) is 25.4 Å². The highest BCUT2D eigenvalue weighted by Crippen LogP contribution is 2.19. The Hall–Kier alpha value is -3.19. The van der Waals surface area contributed by atoms with E-state index in [-0.39, 0.29) is 17.3 Å². The summed E-state index contributed by atoms with van der Waals surface area (Å²) in [6, 6.07) is 13.3. The van der Waals surface area contributed by atoms with Crippen LogP contribution in [0, 0.1) is 0 Å². The molecule has 148 valence electrons. The molecule has 3 aromatic rings. The van der Waals surface area contributed by atoms with Crippen LogP contribution >= 0.6 is 11.6 Å². The molecule has 29 heavy (non-hydrogen) atoms. The van der Waals surface area contributed by atoms with Gasteiger partial charge >= 0.3 is 0 Å². The average molecular weight is 410 g/mol. The molecule has 4 rings (SSSR count). The summed E-state index contributed by atoms with van der Waals surface area (Å²) in [7, 11) is 0. The Bertz CT molecular complexity index is 1030. The van der Waals surface area contributed by atoms with Crippen LogP contribution in [-0.4, -0.2) is 40.0 Å². The van der Waals surface area contributed by atoms with Crippen LogP contribution in [0.3, 0.4) is 0 Å². The van der Waals surface area contributed by atoms with Crippen LogP contribution in [0.1, 0.15) is 45.5 Å². The molecular weight excluding hydrogens is 390 g/mol. The predicted molar refractivity (Wildman–Crippen MR) is 112 cm³/mol. The number of aromatic nitrogens is 3. The van der Waals surface area contributed by atoms with E-state index in [9.17, 15) is 9.59 Å². The first-order chi connectivity index (χ1) is 14.1. The van der Waals surface area contributed by atoms with Crippen LogP contribution in [0.5, 0.6) is 0 Å². The number of hydrogen-bond acceptors (Lipinski definition) is 5. The number of rotatable bonds is 5. The molecule has 0 spiro atoms. The molecule has 2 heterocycles. The normalized spacial score (nSPS) is 13.9. The number of aromatic amines is 1. The topological polar surface area (TPSA) is 91.0 Å². The van der Waals surface area contributed by atoms with Gasteiger partial charge in [0.2, 0.25) is 11.9 Å². The Kier molecular flexibility index (Phi) is 5.57. The van der Waals surface area contributed by atoms with E-state index in [1.165, 1.54) is 6.42 Å². The number of ketones is 1. The first-order valence-electron chi connectivity index (χ1n) is 9.50. The third kappa shape index (κ3) is 4.30. The summed E-state index contributed by atoms with van der Waals surface area (Å²) in [5.74, 6) is 0.151. The molecular formula is C21H20ClN5O2. The van der Waals surface area contributed by atoms with Gasteiger partial charge in [0.15, 0.2) is 5.78 Å². The smallest absolute Gasteiger partial charge is 0.258 e. The van der Waals surface area contributed by atoms with E-state index in [0.29, 0.717) is 22.1 Å². The van der Waals surface area contributed by atoms with Crippen LogP contribution in [0.4, 0.5) is 11.9 Å².